The number of carbonyl (C=O) groups is 3. The summed E-state index contributed by atoms with van der Waals surface area (Å²) in [5.41, 5.74) is 1.42. The van der Waals surface area contributed by atoms with E-state index in [9.17, 15) is 23.9 Å². The van der Waals surface area contributed by atoms with Crippen molar-refractivity contribution in [1.82, 2.24) is 14.4 Å². The first kappa shape index (κ1) is 25.2. The lowest BCUT2D eigenvalue weighted by Gasteiger charge is -2.35. The Morgan fingerprint density at radius 3 is 2.66 bits per heavy atom. The van der Waals surface area contributed by atoms with Crippen LogP contribution in [-0.4, -0.2) is 84.7 Å². The summed E-state index contributed by atoms with van der Waals surface area (Å²) in [6.45, 7) is 7.51. The molecule has 190 valence electrons. The Hall–Kier alpha value is -2.92. The summed E-state index contributed by atoms with van der Waals surface area (Å²) in [6.07, 6.45) is -0.102. The number of rotatable bonds is 7. The zero-order valence-electron chi connectivity index (χ0n) is 20.4. The first-order valence-electron chi connectivity index (χ1n) is 12.0. The summed E-state index contributed by atoms with van der Waals surface area (Å²) >= 11 is 0. The van der Waals surface area contributed by atoms with E-state index >= 15 is 0 Å². The third-order valence-corrected chi connectivity index (χ3v) is 8.40. The Bertz CT molecular complexity index is 1120. The molecular weight excluding hydrogens is 471 g/mol. The van der Waals surface area contributed by atoms with Gasteiger partial charge in [-0.15, -0.1) is 0 Å². The van der Waals surface area contributed by atoms with Gasteiger partial charge in [-0.2, -0.15) is 0 Å². The maximum atomic E-state index is 14.9. The first-order valence-corrected chi connectivity index (χ1v) is 15.7. The number of amides is 4. The van der Waals surface area contributed by atoms with Crippen molar-refractivity contribution >= 4 is 42.7 Å². The van der Waals surface area contributed by atoms with Crippen LogP contribution in [0.3, 0.4) is 0 Å². The van der Waals surface area contributed by atoms with Crippen molar-refractivity contribution in [2.24, 2.45) is 0 Å². The number of hydrogen-bond acceptors (Lipinski definition) is 4. The van der Waals surface area contributed by atoms with E-state index in [1.54, 1.807) is 11.1 Å². The van der Waals surface area contributed by atoms with E-state index in [-0.39, 0.29) is 38.7 Å². The van der Waals surface area contributed by atoms with Gasteiger partial charge in [0.1, 0.15) is 12.9 Å². The second kappa shape index (κ2) is 9.98. The number of hydrogen-bond donors (Lipinski definition) is 1. The van der Waals surface area contributed by atoms with Crippen molar-refractivity contribution < 1.29 is 28.6 Å². The van der Waals surface area contributed by atoms with E-state index in [1.807, 2.05) is 28.8 Å². The minimum atomic E-state index is -1.34. The lowest BCUT2D eigenvalue weighted by molar-refractivity contribution is -0.133. The van der Waals surface area contributed by atoms with Crippen molar-refractivity contribution in [2.45, 2.75) is 50.7 Å². The number of halogens is 1. The molecule has 0 bridgehead atoms. The molecule has 0 spiro atoms. The Morgan fingerprint density at radius 2 is 1.97 bits per heavy atom. The van der Waals surface area contributed by atoms with Crippen molar-refractivity contribution in [2.75, 3.05) is 37.9 Å². The second-order valence-corrected chi connectivity index (χ2v) is 16.0. The highest BCUT2D eigenvalue weighted by molar-refractivity contribution is 6.76. The Labute approximate surface area is 205 Å². The number of ether oxygens (including phenoxy) is 1. The lowest BCUT2D eigenvalue weighted by atomic mass is 10.0. The molecule has 2 aromatic rings. The average molecular weight is 505 g/mol. The van der Waals surface area contributed by atoms with E-state index in [0.717, 1.165) is 26.7 Å². The fourth-order valence-electron chi connectivity index (χ4n) is 4.65. The molecule has 0 radical (unpaired) electrons. The van der Waals surface area contributed by atoms with Gasteiger partial charge in [0, 0.05) is 45.8 Å². The second-order valence-electron chi connectivity index (χ2n) is 10.4. The summed E-state index contributed by atoms with van der Waals surface area (Å²) in [7, 11) is -1.29. The van der Waals surface area contributed by atoms with Gasteiger partial charge in [-0.05, 0) is 30.7 Å². The number of fused-ring (bicyclic) bond motifs is 1. The Kier molecular flexibility index (Phi) is 7.18. The van der Waals surface area contributed by atoms with Gasteiger partial charge < -0.3 is 19.3 Å². The number of carboxylic acid groups (broad SMARTS) is 1. The van der Waals surface area contributed by atoms with Crippen molar-refractivity contribution in [1.29, 1.82) is 0 Å². The van der Waals surface area contributed by atoms with E-state index in [4.69, 9.17) is 4.74 Å². The lowest BCUT2D eigenvalue weighted by Crippen LogP contribution is -2.53. The molecule has 35 heavy (non-hydrogen) atoms. The van der Waals surface area contributed by atoms with Crippen LogP contribution in [0.1, 0.15) is 18.9 Å². The third-order valence-electron chi connectivity index (χ3n) is 6.69. The fourth-order valence-corrected chi connectivity index (χ4v) is 5.41. The quantitative estimate of drug-likeness (QED) is 0.446. The number of likely N-dealkylation sites (tertiary alicyclic amines) is 1. The number of aromatic nitrogens is 1. The van der Waals surface area contributed by atoms with Gasteiger partial charge in [0.05, 0.1) is 23.8 Å². The molecule has 3 heterocycles. The minimum Gasteiger partial charge on any atom is -0.465 e. The molecule has 2 saturated heterocycles. The SMILES string of the molecule is C[Si](C)(C)CCOCN1C(=O)CCN(c2cccc3c2ccn3[C@H]2CCN(C(=O)O)C[C@H]2F)C1=O. The fraction of sp³-hybridized carbons (Fsp3) is 0.542. The van der Waals surface area contributed by atoms with Gasteiger partial charge in [0.2, 0.25) is 5.91 Å². The molecule has 2 aliphatic heterocycles. The van der Waals surface area contributed by atoms with Crippen LogP contribution in [0.4, 0.5) is 19.7 Å². The molecular formula is C24H33FN4O5Si. The van der Waals surface area contributed by atoms with Crippen LogP contribution in [0.25, 0.3) is 10.9 Å². The van der Waals surface area contributed by atoms with Gasteiger partial charge in [0.15, 0.2) is 0 Å². The normalized spacial score (nSPS) is 21.8. The Morgan fingerprint density at radius 1 is 1.20 bits per heavy atom. The standard InChI is InChI=1S/C24H33FN4O5Si/c1-35(2,3)14-13-34-16-29-22(30)9-12-28(23(29)31)20-6-4-5-19-17(20)7-11-27(19)21-8-10-26(24(32)33)15-18(21)25/h4-7,11,18,21H,8-10,12-16H2,1-3H3,(H,32,33)/t18-,21+/m1/s1. The summed E-state index contributed by atoms with van der Waals surface area (Å²) in [6, 6.07) is 7.38. The molecule has 2 atom stereocenters. The van der Waals surface area contributed by atoms with Gasteiger partial charge >= 0.3 is 12.1 Å². The molecule has 2 fully saturated rings. The van der Waals surface area contributed by atoms with E-state index in [2.05, 4.69) is 19.6 Å². The summed E-state index contributed by atoms with van der Waals surface area (Å²) in [5.74, 6) is -0.255. The maximum absolute atomic E-state index is 14.9. The smallest absolute Gasteiger partial charge is 0.407 e. The number of anilines is 1. The van der Waals surface area contributed by atoms with E-state index in [1.165, 1.54) is 0 Å². The molecule has 4 rings (SSSR count). The molecule has 0 aliphatic carbocycles. The minimum absolute atomic E-state index is 0.0681. The van der Waals surface area contributed by atoms with Crippen LogP contribution < -0.4 is 4.90 Å². The van der Waals surface area contributed by atoms with Crippen molar-refractivity contribution in [3.05, 3.63) is 30.5 Å². The zero-order chi connectivity index (χ0) is 25.3. The number of alkyl halides is 1. The monoisotopic (exact) mass is 504 g/mol. The molecule has 4 amide bonds. The highest BCUT2D eigenvalue weighted by atomic mass is 28.3. The average Bonchev–Trinajstić information content (AvgIpc) is 3.22. The maximum Gasteiger partial charge on any atom is 0.407 e. The van der Waals surface area contributed by atoms with Gasteiger partial charge in [0.25, 0.3) is 0 Å². The van der Waals surface area contributed by atoms with Crippen LogP contribution in [0.2, 0.25) is 25.7 Å². The largest absolute Gasteiger partial charge is 0.465 e. The predicted molar refractivity (Wildman–Crippen MR) is 133 cm³/mol. The highest BCUT2D eigenvalue weighted by Gasteiger charge is 2.36. The molecule has 11 heteroatoms. The molecule has 1 aromatic heterocycles. The van der Waals surface area contributed by atoms with Crippen LogP contribution in [-0.2, 0) is 9.53 Å². The number of benzene rings is 1. The molecule has 0 saturated carbocycles. The number of piperidine rings is 1. The van der Waals surface area contributed by atoms with E-state index in [0.29, 0.717) is 18.7 Å². The number of carbonyl (C=O) groups excluding carboxylic acids is 2. The third kappa shape index (κ3) is 5.35. The predicted octanol–water partition coefficient (Wildman–Crippen LogP) is 4.38. The zero-order valence-corrected chi connectivity index (χ0v) is 21.4. The van der Waals surface area contributed by atoms with Crippen LogP contribution in [0.15, 0.2) is 30.5 Å². The number of nitrogens with zero attached hydrogens (tertiary/aromatic N) is 4. The van der Waals surface area contributed by atoms with Crippen LogP contribution in [0.5, 0.6) is 0 Å². The van der Waals surface area contributed by atoms with E-state index < -0.39 is 32.4 Å². The Balaban J connectivity index is 1.53. The number of imide groups is 1. The molecule has 1 aromatic carbocycles. The van der Waals surface area contributed by atoms with Gasteiger partial charge in [-0.25, -0.2) is 18.9 Å². The van der Waals surface area contributed by atoms with Crippen LogP contribution in [0, 0.1) is 0 Å². The molecule has 1 N–H and O–H groups in total. The number of urea groups is 1. The van der Waals surface area contributed by atoms with Gasteiger partial charge in [-0.1, -0.05) is 25.7 Å². The van der Waals surface area contributed by atoms with Gasteiger partial charge in [-0.3, -0.25) is 9.69 Å². The molecule has 0 unspecified atom stereocenters. The summed E-state index contributed by atoms with van der Waals surface area (Å²) in [4.78, 5) is 40.8. The van der Waals surface area contributed by atoms with Crippen molar-refractivity contribution in [3.8, 4) is 0 Å². The summed E-state index contributed by atoms with van der Waals surface area (Å²) < 4.78 is 22.5. The molecule has 2 aliphatic rings. The molecule has 9 nitrogen and oxygen atoms in total. The van der Waals surface area contributed by atoms with Crippen LogP contribution >= 0.6 is 0 Å². The summed E-state index contributed by atoms with van der Waals surface area (Å²) in [5, 5.41) is 9.95. The van der Waals surface area contributed by atoms with Crippen molar-refractivity contribution in [3.63, 3.8) is 0 Å². The topological polar surface area (TPSA) is 95.3 Å². The first-order chi connectivity index (χ1) is 16.6. The highest BCUT2D eigenvalue weighted by Crippen LogP contribution is 2.35.